The zero-order chi connectivity index (χ0) is 15.6. The van der Waals surface area contributed by atoms with Gasteiger partial charge in [0.25, 0.3) is 0 Å². The summed E-state index contributed by atoms with van der Waals surface area (Å²) in [5.74, 6) is -1.79. The molecule has 0 saturated heterocycles. The molecule has 2 rings (SSSR count). The number of nitrogens with two attached hydrogens (primary N) is 1. The highest BCUT2D eigenvalue weighted by Crippen LogP contribution is 2.28. The first-order chi connectivity index (χ1) is 9.88. The number of aromatic carboxylic acids is 1. The lowest BCUT2D eigenvalue weighted by Gasteiger charge is -2.13. The van der Waals surface area contributed by atoms with Gasteiger partial charge in [-0.25, -0.2) is 9.18 Å². The molecule has 0 aliphatic heterocycles. The summed E-state index contributed by atoms with van der Waals surface area (Å²) < 4.78 is 13.7. The lowest BCUT2D eigenvalue weighted by atomic mass is 10.0. The maximum atomic E-state index is 13.7. The van der Waals surface area contributed by atoms with E-state index in [9.17, 15) is 9.18 Å². The van der Waals surface area contributed by atoms with Crippen LogP contribution in [-0.4, -0.2) is 11.1 Å². The van der Waals surface area contributed by atoms with Gasteiger partial charge in [0.2, 0.25) is 0 Å². The van der Waals surface area contributed by atoms with Gasteiger partial charge in [-0.3, -0.25) is 0 Å². The number of hydrogen-bond acceptors (Lipinski definition) is 3. The number of rotatable bonds is 4. The molecule has 2 aromatic rings. The molecule has 0 atom stereocenters. The number of anilines is 3. The smallest absolute Gasteiger partial charge is 0.338 e. The highest BCUT2D eigenvalue weighted by atomic mass is 19.1. The number of halogens is 1. The number of carbonyl (C=O) groups is 1. The van der Waals surface area contributed by atoms with Gasteiger partial charge in [-0.05, 0) is 29.7 Å². The van der Waals surface area contributed by atoms with Crippen molar-refractivity contribution in [3.05, 3.63) is 53.3 Å². The Morgan fingerprint density at radius 3 is 2.62 bits per heavy atom. The van der Waals surface area contributed by atoms with Crippen LogP contribution < -0.4 is 11.1 Å². The van der Waals surface area contributed by atoms with E-state index in [1.165, 1.54) is 0 Å². The minimum atomic E-state index is -1.34. The molecule has 0 aromatic heterocycles. The van der Waals surface area contributed by atoms with E-state index in [1.807, 2.05) is 24.3 Å². The minimum absolute atomic E-state index is 0.184. The molecule has 0 aliphatic carbocycles. The van der Waals surface area contributed by atoms with E-state index < -0.39 is 17.3 Å². The van der Waals surface area contributed by atoms with Crippen LogP contribution in [0.15, 0.2) is 36.4 Å². The zero-order valence-corrected chi connectivity index (χ0v) is 11.9. The second-order valence-corrected chi connectivity index (χ2v) is 5.13. The monoisotopic (exact) mass is 288 g/mol. The molecule has 4 N–H and O–H groups in total. The molecule has 0 spiro atoms. The summed E-state index contributed by atoms with van der Waals surface area (Å²) in [6.07, 6.45) is 0. The molecule has 0 saturated carbocycles. The van der Waals surface area contributed by atoms with Gasteiger partial charge in [0.1, 0.15) is 5.82 Å². The molecule has 2 aromatic carbocycles. The molecule has 21 heavy (non-hydrogen) atoms. The fraction of sp³-hybridized carbons (Fsp3) is 0.188. The first-order valence-electron chi connectivity index (χ1n) is 6.57. The number of hydrogen-bond donors (Lipinski definition) is 3. The minimum Gasteiger partial charge on any atom is -0.478 e. The highest BCUT2D eigenvalue weighted by Gasteiger charge is 2.14. The summed E-state index contributed by atoms with van der Waals surface area (Å²) in [6, 6.07) is 9.91. The summed E-state index contributed by atoms with van der Waals surface area (Å²) in [6.45, 7) is 4.16. The van der Waals surface area contributed by atoms with Crippen LogP contribution in [0.1, 0.15) is 35.7 Å². The molecule has 0 heterocycles. The van der Waals surface area contributed by atoms with Crippen molar-refractivity contribution in [1.29, 1.82) is 0 Å². The van der Waals surface area contributed by atoms with Crippen molar-refractivity contribution in [2.45, 2.75) is 19.8 Å². The van der Waals surface area contributed by atoms with E-state index in [0.29, 0.717) is 11.6 Å². The summed E-state index contributed by atoms with van der Waals surface area (Å²) >= 11 is 0. The number of carboxylic acids is 1. The molecule has 0 bridgehead atoms. The molecular weight excluding hydrogens is 271 g/mol. The lowest BCUT2D eigenvalue weighted by Crippen LogP contribution is -2.05. The van der Waals surface area contributed by atoms with Crippen LogP contribution in [0.25, 0.3) is 0 Å². The van der Waals surface area contributed by atoms with Gasteiger partial charge in [0.05, 0.1) is 16.9 Å². The third kappa shape index (κ3) is 3.31. The molecule has 4 nitrogen and oxygen atoms in total. The highest BCUT2D eigenvalue weighted by molar-refractivity contribution is 5.91. The summed E-state index contributed by atoms with van der Waals surface area (Å²) in [5, 5.41) is 11.9. The first-order valence-corrected chi connectivity index (χ1v) is 6.57. The van der Waals surface area contributed by atoms with Crippen molar-refractivity contribution in [3.63, 3.8) is 0 Å². The SMILES string of the molecule is CC(C)c1cccc(Nc2cc(F)c(C(=O)O)cc2N)c1. The van der Waals surface area contributed by atoms with Crippen LogP contribution in [0, 0.1) is 5.82 Å². The van der Waals surface area contributed by atoms with E-state index in [2.05, 4.69) is 19.2 Å². The number of benzene rings is 2. The van der Waals surface area contributed by atoms with Gasteiger partial charge in [-0.1, -0.05) is 26.0 Å². The third-order valence-corrected chi connectivity index (χ3v) is 3.20. The number of carboxylic acid groups (broad SMARTS) is 1. The Hall–Kier alpha value is -2.56. The molecule has 0 unspecified atom stereocenters. The topological polar surface area (TPSA) is 75.3 Å². The Labute approximate surface area is 122 Å². The van der Waals surface area contributed by atoms with Crippen LogP contribution in [0.5, 0.6) is 0 Å². The van der Waals surface area contributed by atoms with Gasteiger partial charge < -0.3 is 16.2 Å². The van der Waals surface area contributed by atoms with Gasteiger partial charge in [-0.2, -0.15) is 0 Å². The predicted octanol–water partition coefficient (Wildman–Crippen LogP) is 3.97. The van der Waals surface area contributed by atoms with E-state index in [-0.39, 0.29) is 5.69 Å². The van der Waals surface area contributed by atoms with Crippen molar-refractivity contribution in [2.75, 3.05) is 11.1 Å². The first kappa shape index (κ1) is 14.8. The van der Waals surface area contributed by atoms with Crippen molar-refractivity contribution >= 4 is 23.0 Å². The molecule has 110 valence electrons. The van der Waals surface area contributed by atoms with Crippen molar-refractivity contribution in [2.24, 2.45) is 0 Å². The third-order valence-electron chi connectivity index (χ3n) is 3.20. The van der Waals surface area contributed by atoms with Crippen LogP contribution >= 0.6 is 0 Å². The fourth-order valence-electron chi connectivity index (χ4n) is 1.99. The van der Waals surface area contributed by atoms with Crippen molar-refractivity contribution in [1.82, 2.24) is 0 Å². The fourth-order valence-corrected chi connectivity index (χ4v) is 1.99. The Kier molecular flexibility index (Phi) is 4.12. The molecule has 0 amide bonds. The summed E-state index contributed by atoms with van der Waals surface area (Å²) in [4.78, 5) is 10.8. The Morgan fingerprint density at radius 1 is 1.29 bits per heavy atom. The van der Waals surface area contributed by atoms with E-state index in [1.54, 1.807) is 0 Å². The Bertz CT molecular complexity index is 684. The normalized spacial score (nSPS) is 10.7. The zero-order valence-electron chi connectivity index (χ0n) is 11.9. The van der Waals surface area contributed by atoms with Crippen LogP contribution in [-0.2, 0) is 0 Å². The standard InChI is InChI=1S/C16H17FN2O2/c1-9(2)10-4-3-5-11(6-10)19-15-8-13(17)12(16(20)21)7-14(15)18/h3-9,19H,18H2,1-2H3,(H,20,21). The Balaban J connectivity index is 2.34. The molecular formula is C16H17FN2O2. The van der Waals surface area contributed by atoms with Gasteiger partial charge >= 0.3 is 5.97 Å². The second-order valence-electron chi connectivity index (χ2n) is 5.13. The van der Waals surface area contributed by atoms with Gasteiger partial charge in [0, 0.05) is 11.8 Å². The van der Waals surface area contributed by atoms with Crippen LogP contribution in [0.2, 0.25) is 0 Å². The van der Waals surface area contributed by atoms with Crippen molar-refractivity contribution < 1.29 is 14.3 Å². The molecule has 0 aliphatic rings. The average Bonchev–Trinajstić information content (AvgIpc) is 2.42. The maximum absolute atomic E-state index is 13.7. The number of nitrogen functional groups attached to an aromatic ring is 1. The number of nitrogens with one attached hydrogen (secondary N) is 1. The van der Waals surface area contributed by atoms with E-state index >= 15 is 0 Å². The molecule has 5 heteroatoms. The summed E-state index contributed by atoms with van der Waals surface area (Å²) in [5.41, 5.74) is 7.79. The average molecular weight is 288 g/mol. The summed E-state index contributed by atoms with van der Waals surface area (Å²) in [7, 11) is 0. The largest absolute Gasteiger partial charge is 0.478 e. The quantitative estimate of drug-likeness (QED) is 0.744. The van der Waals surface area contributed by atoms with Crippen molar-refractivity contribution in [3.8, 4) is 0 Å². The second kappa shape index (κ2) is 5.83. The lowest BCUT2D eigenvalue weighted by molar-refractivity contribution is 0.0692. The van der Waals surface area contributed by atoms with Crippen LogP contribution in [0.3, 0.4) is 0 Å². The van der Waals surface area contributed by atoms with E-state index in [0.717, 1.165) is 23.4 Å². The maximum Gasteiger partial charge on any atom is 0.338 e. The Morgan fingerprint density at radius 2 is 2.00 bits per heavy atom. The molecule has 0 radical (unpaired) electrons. The molecule has 0 fully saturated rings. The van der Waals surface area contributed by atoms with Gasteiger partial charge in [-0.15, -0.1) is 0 Å². The van der Waals surface area contributed by atoms with E-state index in [4.69, 9.17) is 10.8 Å². The van der Waals surface area contributed by atoms with Crippen LogP contribution in [0.4, 0.5) is 21.5 Å². The predicted molar refractivity (Wildman–Crippen MR) is 81.6 cm³/mol. The van der Waals surface area contributed by atoms with Gasteiger partial charge in [0.15, 0.2) is 0 Å².